The molecule has 59 heavy (non-hydrogen) atoms. The Morgan fingerprint density at radius 2 is 1.34 bits per heavy atom. The van der Waals surface area contributed by atoms with Gasteiger partial charge in [-0.1, -0.05) is 65.8 Å². The van der Waals surface area contributed by atoms with Gasteiger partial charge in [-0.3, -0.25) is 9.80 Å². The molecule has 0 saturated carbocycles. The molecular weight excluding hydrogens is 793 g/mol. The van der Waals surface area contributed by atoms with E-state index in [2.05, 4.69) is 20.3 Å². The van der Waals surface area contributed by atoms with Gasteiger partial charge in [0.05, 0.1) is 46.6 Å². The van der Waals surface area contributed by atoms with Crippen LogP contribution in [0.2, 0.25) is 0 Å². The number of carbonyl (C=O) groups is 1. The maximum atomic E-state index is 14.2. The van der Waals surface area contributed by atoms with E-state index in [1.165, 1.54) is 14.6 Å². The Kier molecular flexibility index (Phi) is 11.1. The summed E-state index contributed by atoms with van der Waals surface area (Å²) in [6.45, 7) is 4.94. The van der Waals surface area contributed by atoms with Crippen molar-refractivity contribution in [1.82, 2.24) is 25.1 Å². The van der Waals surface area contributed by atoms with Crippen LogP contribution >= 0.6 is 0 Å². The Morgan fingerprint density at radius 1 is 0.780 bits per heavy atom. The molecule has 1 saturated heterocycles. The van der Waals surface area contributed by atoms with Gasteiger partial charge in [0.1, 0.15) is 0 Å². The quantitative estimate of drug-likeness (QED) is 0.137. The average molecular weight is 832 g/mol. The number of fused-ring (bicyclic) bond motifs is 1. The number of hydrogen-bond donors (Lipinski definition) is 0. The minimum absolute atomic E-state index is 0.00528. The maximum Gasteiger partial charge on any atom is 0.416 e. The van der Waals surface area contributed by atoms with Crippen molar-refractivity contribution < 1.29 is 49.0 Å². The minimum Gasteiger partial charge on any atom is -0.446 e. The van der Waals surface area contributed by atoms with Crippen molar-refractivity contribution >= 4 is 17.7 Å². The van der Waals surface area contributed by atoms with Gasteiger partial charge in [-0.05, 0) is 91.1 Å². The van der Waals surface area contributed by atoms with Crippen LogP contribution in [0.15, 0.2) is 97.1 Å². The first kappa shape index (κ1) is 41.5. The third kappa shape index (κ3) is 8.87. The smallest absolute Gasteiger partial charge is 0.416 e. The van der Waals surface area contributed by atoms with Gasteiger partial charge in [0.15, 0.2) is 0 Å². The lowest BCUT2D eigenvalue weighted by Gasteiger charge is -2.44. The molecule has 18 heteroatoms. The molecule has 2 atom stereocenters. The van der Waals surface area contributed by atoms with E-state index in [0.29, 0.717) is 25.2 Å². The number of benzene rings is 4. The van der Waals surface area contributed by atoms with Gasteiger partial charge in [0, 0.05) is 25.7 Å². The number of nitrogens with zero attached hydrogens (tertiary/aromatic N) is 7. The van der Waals surface area contributed by atoms with Crippen molar-refractivity contribution in [2.75, 3.05) is 22.9 Å². The number of tetrazole rings is 1. The molecule has 1 fully saturated rings. The summed E-state index contributed by atoms with van der Waals surface area (Å²) < 4.78 is 132. The van der Waals surface area contributed by atoms with Crippen LogP contribution in [0.5, 0.6) is 0 Å². The van der Waals surface area contributed by atoms with Crippen LogP contribution in [0.1, 0.15) is 84.3 Å². The van der Waals surface area contributed by atoms with E-state index in [4.69, 9.17) is 4.74 Å². The normalized spacial score (nSPS) is 17.9. The highest BCUT2D eigenvalue weighted by atomic mass is 19.4. The lowest BCUT2D eigenvalue weighted by molar-refractivity contribution is -0.143. The second-order valence-corrected chi connectivity index (χ2v) is 15.0. The van der Waals surface area contributed by atoms with Crippen LogP contribution in [0.25, 0.3) is 0 Å². The molecule has 5 aromatic rings. The molecule has 0 radical (unpaired) electrons. The van der Waals surface area contributed by atoms with Crippen molar-refractivity contribution in [2.45, 2.75) is 82.5 Å². The highest BCUT2D eigenvalue weighted by Gasteiger charge is 2.43. The number of hydrogen-bond acceptors (Lipinski definition) is 7. The molecule has 1 aromatic heterocycles. The number of anilines is 2. The summed E-state index contributed by atoms with van der Waals surface area (Å²) in [5.74, 6) is -0.254. The van der Waals surface area contributed by atoms with Gasteiger partial charge < -0.3 is 9.64 Å². The van der Waals surface area contributed by atoms with E-state index in [0.717, 1.165) is 29.3 Å². The number of ether oxygens (including phenoxy) is 1. The summed E-state index contributed by atoms with van der Waals surface area (Å²) in [5.41, 5.74) is -2.72. The van der Waals surface area contributed by atoms with Crippen LogP contribution in [0.4, 0.5) is 55.9 Å². The van der Waals surface area contributed by atoms with Crippen LogP contribution < -0.4 is 9.80 Å². The summed E-state index contributed by atoms with van der Waals surface area (Å²) in [6, 6.07) is 20.8. The van der Waals surface area contributed by atoms with Crippen molar-refractivity contribution in [1.29, 1.82) is 0 Å². The van der Waals surface area contributed by atoms with Crippen molar-refractivity contribution in [3.05, 3.63) is 136 Å². The number of halogens is 9. The molecule has 9 nitrogen and oxygen atoms in total. The van der Waals surface area contributed by atoms with E-state index < -0.39 is 71.6 Å². The SMILES string of the molecule is CC(C)OC(=O)N1c2ccc(C(F)(F)F)cc2C(N(Cc2cc(C(F)(F)F)cc(C(F)(F)F)c2)c2nnn(C3CN(C(c4ccccc4)c4ccccc4)C3)n2)CC1C. The Labute approximate surface area is 333 Å². The lowest BCUT2D eigenvalue weighted by atomic mass is 9.89. The Hall–Kier alpha value is -5.65. The van der Waals surface area contributed by atoms with Crippen molar-refractivity contribution in [2.24, 2.45) is 0 Å². The number of amides is 1. The largest absolute Gasteiger partial charge is 0.446 e. The van der Waals surface area contributed by atoms with E-state index in [-0.39, 0.29) is 41.8 Å². The predicted octanol–water partition coefficient (Wildman–Crippen LogP) is 10.3. The van der Waals surface area contributed by atoms with Gasteiger partial charge >= 0.3 is 24.6 Å². The highest BCUT2D eigenvalue weighted by Crippen LogP contribution is 2.46. The molecule has 312 valence electrons. The monoisotopic (exact) mass is 831 g/mol. The van der Waals surface area contributed by atoms with E-state index >= 15 is 0 Å². The summed E-state index contributed by atoms with van der Waals surface area (Å²) >= 11 is 0. The average Bonchev–Trinajstić information content (AvgIpc) is 3.63. The highest BCUT2D eigenvalue weighted by molar-refractivity contribution is 5.90. The lowest BCUT2D eigenvalue weighted by Crippen LogP contribution is -2.50. The molecule has 0 bridgehead atoms. The maximum absolute atomic E-state index is 14.2. The Bertz CT molecular complexity index is 2190. The van der Waals surface area contributed by atoms with Gasteiger partial charge in [-0.2, -0.15) is 44.3 Å². The van der Waals surface area contributed by atoms with Gasteiger partial charge in [-0.15, -0.1) is 5.10 Å². The zero-order valence-corrected chi connectivity index (χ0v) is 31.8. The molecule has 2 aliphatic heterocycles. The molecule has 1 amide bonds. The van der Waals surface area contributed by atoms with Crippen LogP contribution in [0.3, 0.4) is 0 Å². The molecule has 4 aromatic carbocycles. The van der Waals surface area contributed by atoms with E-state index in [1.807, 2.05) is 60.7 Å². The standard InChI is InChI=1S/C41H38F9N7O2/c1-24(2)59-38(58)56-25(3)16-35(33-20-29(39(42,43)44)14-15-34(33)56)55(21-26-17-30(40(45,46)47)19-31(18-26)41(48,49)50)37-51-53-57(52-37)32-22-54(23-32)36(27-10-6-4-7-11-27)28-12-8-5-9-13-28/h4-15,17-20,24-25,32,35-36H,16,21-23H2,1-3H3. The number of alkyl halides is 9. The number of likely N-dealkylation sites (tertiary alicyclic amines) is 1. The summed E-state index contributed by atoms with van der Waals surface area (Å²) in [7, 11) is 0. The number of carbonyl (C=O) groups excluding carboxylic acids is 1. The molecular formula is C41H38F9N7O2. The third-order valence-corrected chi connectivity index (χ3v) is 10.4. The van der Waals surface area contributed by atoms with Crippen molar-refractivity contribution in [3.8, 4) is 0 Å². The van der Waals surface area contributed by atoms with Gasteiger partial charge in [0.2, 0.25) is 0 Å². The first-order chi connectivity index (χ1) is 27.8. The van der Waals surface area contributed by atoms with Crippen LogP contribution in [0, 0.1) is 0 Å². The minimum atomic E-state index is -5.17. The summed E-state index contributed by atoms with van der Waals surface area (Å²) in [6.07, 6.45) is -16.8. The van der Waals surface area contributed by atoms with Crippen molar-refractivity contribution in [3.63, 3.8) is 0 Å². The fourth-order valence-electron chi connectivity index (χ4n) is 7.69. The summed E-state index contributed by atoms with van der Waals surface area (Å²) in [4.78, 5) is 19.2. The summed E-state index contributed by atoms with van der Waals surface area (Å²) in [5, 5.41) is 13.0. The molecule has 0 N–H and O–H groups in total. The fourth-order valence-corrected chi connectivity index (χ4v) is 7.69. The Balaban J connectivity index is 1.30. The zero-order valence-electron chi connectivity index (χ0n) is 31.8. The molecule has 0 spiro atoms. The van der Waals surface area contributed by atoms with E-state index in [1.54, 1.807) is 20.8 Å². The first-order valence-electron chi connectivity index (χ1n) is 18.7. The zero-order chi connectivity index (χ0) is 42.4. The van der Waals surface area contributed by atoms with Crippen LogP contribution in [-0.2, 0) is 29.8 Å². The third-order valence-electron chi connectivity index (χ3n) is 10.4. The predicted molar refractivity (Wildman–Crippen MR) is 198 cm³/mol. The van der Waals surface area contributed by atoms with E-state index in [9.17, 15) is 44.3 Å². The Morgan fingerprint density at radius 3 is 1.86 bits per heavy atom. The molecule has 3 heterocycles. The second-order valence-electron chi connectivity index (χ2n) is 15.0. The molecule has 0 aliphatic carbocycles. The van der Waals surface area contributed by atoms with Crippen LogP contribution in [-0.4, -0.2) is 56.4 Å². The topological polar surface area (TPSA) is 79.6 Å². The number of aromatic nitrogens is 4. The van der Waals surface area contributed by atoms with Gasteiger partial charge in [-0.25, -0.2) is 4.79 Å². The molecule has 7 rings (SSSR count). The van der Waals surface area contributed by atoms with Gasteiger partial charge in [0.25, 0.3) is 5.95 Å². The second kappa shape index (κ2) is 15.8. The molecule has 2 aliphatic rings. The molecule has 2 unspecified atom stereocenters. The fraction of sp³-hybridized carbons (Fsp3) is 0.366. The number of rotatable bonds is 9. The first-order valence-corrected chi connectivity index (χ1v) is 18.7.